The van der Waals surface area contributed by atoms with Gasteiger partial charge in [-0.1, -0.05) is 43.3 Å². The summed E-state index contributed by atoms with van der Waals surface area (Å²) >= 11 is 0. The van der Waals surface area contributed by atoms with E-state index in [1.807, 2.05) is 61.5 Å². The minimum absolute atomic E-state index is 0.181. The van der Waals surface area contributed by atoms with Gasteiger partial charge in [0.2, 0.25) is 5.91 Å². The van der Waals surface area contributed by atoms with Crippen molar-refractivity contribution in [1.29, 1.82) is 0 Å². The Labute approximate surface area is 253 Å². The van der Waals surface area contributed by atoms with Crippen molar-refractivity contribution in [2.24, 2.45) is 17.8 Å². The lowest BCUT2D eigenvalue weighted by Gasteiger charge is -2.39. The lowest BCUT2D eigenvalue weighted by Crippen LogP contribution is -2.59. The summed E-state index contributed by atoms with van der Waals surface area (Å²) in [7, 11) is 0. The third-order valence-corrected chi connectivity index (χ3v) is 10.0. The molecule has 1 spiro atoms. The van der Waals surface area contributed by atoms with Crippen LogP contribution in [0.3, 0.4) is 0 Å². The van der Waals surface area contributed by atoms with Gasteiger partial charge in [-0.05, 0) is 69.4 Å². The quantitative estimate of drug-likeness (QED) is 0.363. The summed E-state index contributed by atoms with van der Waals surface area (Å²) in [5, 5.41) is 21.1. The van der Waals surface area contributed by atoms with E-state index in [4.69, 9.17) is 4.74 Å². The first-order chi connectivity index (χ1) is 20.6. The van der Waals surface area contributed by atoms with Crippen LogP contribution in [0.4, 0.5) is 11.4 Å². The first-order valence-corrected chi connectivity index (χ1v) is 15.2. The van der Waals surface area contributed by atoms with Crippen LogP contribution in [0, 0.1) is 17.8 Å². The van der Waals surface area contributed by atoms with E-state index >= 15 is 0 Å². The number of fused-ring (bicyclic) bond motifs is 1. The molecule has 5 rings (SSSR count). The predicted octanol–water partition coefficient (Wildman–Crippen LogP) is 3.75. The second-order valence-electron chi connectivity index (χ2n) is 12.2. The van der Waals surface area contributed by atoms with Gasteiger partial charge in [0, 0.05) is 31.0 Å². The number of aliphatic hydroxyl groups excluding tert-OH is 1. The highest BCUT2D eigenvalue weighted by molar-refractivity contribution is 6.05. The fourth-order valence-corrected chi connectivity index (χ4v) is 7.89. The van der Waals surface area contributed by atoms with Crippen molar-refractivity contribution in [1.82, 2.24) is 4.90 Å². The van der Waals surface area contributed by atoms with Gasteiger partial charge in [-0.3, -0.25) is 14.4 Å². The largest absolute Gasteiger partial charge is 0.481 e. The SMILES string of the molecule is C=CCN(C(=O)C1N([C@@H](CO)Cc2ccccc2)C(=O)[C@@H]2[C@@H](C(=O)O)[C@]3(C)OC12CC3C)c1ccc(N(CC)CC)cc1. The molecule has 2 aromatic rings. The summed E-state index contributed by atoms with van der Waals surface area (Å²) in [5.41, 5.74) is 0.127. The topological polar surface area (TPSA) is 111 Å². The molecule has 2 aromatic carbocycles. The molecule has 0 aliphatic carbocycles. The average molecular weight is 590 g/mol. The van der Waals surface area contributed by atoms with E-state index in [0.717, 1.165) is 24.3 Å². The molecule has 230 valence electrons. The van der Waals surface area contributed by atoms with Crippen molar-refractivity contribution in [2.75, 3.05) is 36.0 Å². The normalized spacial score (nSPS) is 29.8. The molecule has 9 heteroatoms. The Morgan fingerprint density at radius 1 is 1.12 bits per heavy atom. The lowest BCUT2D eigenvalue weighted by molar-refractivity contribution is -0.157. The zero-order chi connectivity index (χ0) is 31.1. The standard InChI is InChI=1S/C34H43N3O6/c1-6-18-36(25-16-14-24(15-17-25)35(7-2)8-3)31(40)29-34-20-22(4)33(5,43-34)28(32(41)42)27(34)30(39)37(29)26(21-38)19-23-12-10-9-11-13-23/h6,9-17,22,26-29,38H,1,7-8,18-21H2,2-5H3,(H,41,42)/t22?,26-,27+,28+,29?,33-,34?/m1/s1. The van der Waals surface area contributed by atoms with Gasteiger partial charge in [0.25, 0.3) is 5.91 Å². The number of aliphatic carboxylic acids is 1. The van der Waals surface area contributed by atoms with E-state index in [9.17, 15) is 24.6 Å². The number of likely N-dealkylation sites (tertiary alicyclic amines) is 1. The Morgan fingerprint density at radius 2 is 1.74 bits per heavy atom. The molecule has 2 bridgehead atoms. The highest BCUT2D eigenvalue weighted by atomic mass is 16.5. The van der Waals surface area contributed by atoms with Crippen LogP contribution < -0.4 is 9.80 Å². The molecule has 3 heterocycles. The smallest absolute Gasteiger partial charge is 0.310 e. The highest BCUT2D eigenvalue weighted by Gasteiger charge is 2.80. The number of anilines is 2. The maximum absolute atomic E-state index is 14.9. The second-order valence-corrected chi connectivity index (χ2v) is 12.2. The van der Waals surface area contributed by atoms with E-state index in [1.165, 1.54) is 4.90 Å². The lowest BCUT2D eigenvalue weighted by atomic mass is 9.62. The number of carbonyl (C=O) groups excluding carboxylic acids is 2. The van der Waals surface area contributed by atoms with Gasteiger partial charge in [0.05, 0.1) is 24.2 Å². The first-order valence-electron chi connectivity index (χ1n) is 15.2. The third kappa shape index (κ3) is 4.83. The minimum Gasteiger partial charge on any atom is -0.481 e. The zero-order valence-electron chi connectivity index (χ0n) is 25.5. The Morgan fingerprint density at radius 3 is 2.30 bits per heavy atom. The van der Waals surface area contributed by atoms with Crippen LogP contribution in [-0.2, 0) is 25.5 Å². The molecule has 3 aliphatic rings. The van der Waals surface area contributed by atoms with Crippen molar-refractivity contribution in [3.05, 3.63) is 72.8 Å². The molecule has 2 amide bonds. The van der Waals surface area contributed by atoms with Gasteiger partial charge in [-0.15, -0.1) is 6.58 Å². The van der Waals surface area contributed by atoms with E-state index in [-0.39, 0.29) is 18.4 Å². The van der Waals surface area contributed by atoms with E-state index in [0.29, 0.717) is 18.5 Å². The molecule has 9 nitrogen and oxygen atoms in total. The van der Waals surface area contributed by atoms with Crippen LogP contribution in [0.25, 0.3) is 0 Å². The van der Waals surface area contributed by atoms with Crippen LogP contribution in [-0.4, -0.2) is 82.4 Å². The Kier molecular flexibility index (Phi) is 8.42. The Bertz CT molecular complexity index is 1360. The van der Waals surface area contributed by atoms with Gasteiger partial charge >= 0.3 is 5.97 Å². The van der Waals surface area contributed by atoms with Gasteiger partial charge < -0.3 is 29.6 Å². The molecule has 2 N–H and O–H groups in total. The number of aliphatic hydroxyl groups is 1. The number of ether oxygens (including phenoxy) is 1. The fraction of sp³-hybridized carbons (Fsp3) is 0.500. The number of benzene rings is 2. The minimum atomic E-state index is -1.34. The van der Waals surface area contributed by atoms with Crippen LogP contribution in [0.5, 0.6) is 0 Å². The Hall–Kier alpha value is -3.69. The summed E-state index contributed by atoms with van der Waals surface area (Å²) in [4.78, 5) is 47.3. The van der Waals surface area contributed by atoms with Gasteiger partial charge in [-0.25, -0.2) is 0 Å². The molecular formula is C34H43N3O6. The molecular weight excluding hydrogens is 546 g/mol. The molecule has 43 heavy (non-hydrogen) atoms. The van der Waals surface area contributed by atoms with Crippen molar-refractivity contribution in [2.45, 2.75) is 63.8 Å². The molecule has 3 fully saturated rings. The first kappa shape index (κ1) is 30.8. The van der Waals surface area contributed by atoms with Crippen molar-refractivity contribution >= 4 is 29.2 Å². The summed E-state index contributed by atoms with van der Waals surface area (Å²) in [6.07, 6.45) is 2.31. The number of amides is 2. The number of rotatable bonds is 12. The van der Waals surface area contributed by atoms with E-state index < -0.39 is 53.6 Å². The zero-order valence-corrected chi connectivity index (χ0v) is 25.5. The monoisotopic (exact) mass is 589 g/mol. The molecule has 0 aromatic heterocycles. The van der Waals surface area contributed by atoms with Crippen LogP contribution in [0.1, 0.15) is 39.7 Å². The summed E-state index contributed by atoms with van der Waals surface area (Å²) in [6.45, 7) is 13.2. The van der Waals surface area contributed by atoms with Crippen molar-refractivity contribution in [3.8, 4) is 0 Å². The Balaban J connectivity index is 1.61. The maximum atomic E-state index is 14.9. The second kappa shape index (κ2) is 11.8. The number of carboxylic acid groups (broad SMARTS) is 1. The molecule has 3 aliphatic heterocycles. The average Bonchev–Trinajstić information content (AvgIpc) is 3.52. The summed E-state index contributed by atoms with van der Waals surface area (Å²) in [5.74, 6) is -4.29. The molecule has 0 saturated carbocycles. The molecule has 0 radical (unpaired) electrons. The van der Waals surface area contributed by atoms with Gasteiger partial charge in [-0.2, -0.15) is 0 Å². The molecule has 7 atom stereocenters. The molecule has 3 unspecified atom stereocenters. The van der Waals surface area contributed by atoms with Crippen molar-refractivity contribution < 1.29 is 29.3 Å². The number of carbonyl (C=O) groups is 3. The van der Waals surface area contributed by atoms with Gasteiger partial charge in [0.1, 0.15) is 17.6 Å². The number of hydrogen-bond donors (Lipinski definition) is 2. The van der Waals surface area contributed by atoms with Crippen LogP contribution in [0.2, 0.25) is 0 Å². The number of nitrogens with zero attached hydrogens (tertiary/aromatic N) is 3. The number of hydrogen-bond acceptors (Lipinski definition) is 6. The number of carboxylic acids is 1. The highest BCUT2D eigenvalue weighted by Crippen LogP contribution is 2.65. The summed E-state index contributed by atoms with van der Waals surface area (Å²) in [6, 6.07) is 15.3. The predicted molar refractivity (Wildman–Crippen MR) is 165 cm³/mol. The third-order valence-electron chi connectivity index (χ3n) is 10.0. The maximum Gasteiger partial charge on any atom is 0.310 e. The fourth-order valence-electron chi connectivity index (χ4n) is 7.89. The van der Waals surface area contributed by atoms with Crippen molar-refractivity contribution in [3.63, 3.8) is 0 Å². The van der Waals surface area contributed by atoms with Crippen LogP contribution in [0.15, 0.2) is 67.3 Å². The summed E-state index contributed by atoms with van der Waals surface area (Å²) < 4.78 is 6.68. The van der Waals surface area contributed by atoms with Gasteiger partial charge in [0.15, 0.2) is 0 Å². The van der Waals surface area contributed by atoms with E-state index in [2.05, 4.69) is 25.3 Å². The van der Waals surface area contributed by atoms with Crippen LogP contribution >= 0.6 is 0 Å². The molecule has 3 saturated heterocycles. The van der Waals surface area contributed by atoms with E-state index in [1.54, 1.807) is 17.9 Å².